The van der Waals surface area contributed by atoms with Crippen LogP contribution in [0.4, 0.5) is 0 Å². The molecule has 1 saturated heterocycles. The van der Waals surface area contributed by atoms with Gasteiger partial charge in [-0.1, -0.05) is 18.2 Å². The lowest BCUT2D eigenvalue weighted by Crippen LogP contribution is -2.44. The first-order valence-electron chi connectivity index (χ1n) is 11.0. The topological polar surface area (TPSA) is 144 Å². The van der Waals surface area contributed by atoms with Gasteiger partial charge in [0.2, 0.25) is 0 Å². The van der Waals surface area contributed by atoms with Crippen molar-refractivity contribution in [1.29, 1.82) is 0 Å². The van der Waals surface area contributed by atoms with Crippen LogP contribution in [0.25, 0.3) is 0 Å². The second-order valence-corrected chi connectivity index (χ2v) is 10.1. The Morgan fingerprint density at radius 1 is 1.31 bits per heavy atom. The SMILES string of the molecule is CC(C)OC(=O)[C@H](C)NP(OCC1OC(n2ccc(=O)[nH]c2=S)C(C)(O)[C@H]1O)Oc1ccccc1. The third kappa shape index (κ3) is 6.95. The monoisotopic (exact) mass is 527 g/mol. The maximum atomic E-state index is 12.3. The molecule has 0 aliphatic carbocycles. The fourth-order valence-corrected chi connectivity index (χ4v) is 4.80. The molecular weight excluding hydrogens is 497 g/mol. The molecule has 0 bridgehead atoms. The molecule has 1 aliphatic heterocycles. The number of aromatic amines is 1. The first kappa shape index (κ1) is 27.4. The fourth-order valence-electron chi connectivity index (χ4n) is 3.34. The Balaban J connectivity index is 1.73. The number of H-pyrrole nitrogens is 1. The van der Waals surface area contributed by atoms with Crippen LogP contribution >= 0.6 is 20.7 Å². The van der Waals surface area contributed by atoms with Crippen LogP contribution < -0.4 is 15.2 Å². The number of benzene rings is 1. The van der Waals surface area contributed by atoms with E-state index in [4.69, 9.17) is 30.7 Å². The predicted octanol–water partition coefficient (Wildman–Crippen LogP) is 2.17. The van der Waals surface area contributed by atoms with Crippen molar-refractivity contribution in [3.8, 4) is 5.75 Å². The van der Waals surface area contributed by atoms with Crippen LogP contribution in [0.3, 0.4) is 0 Å². The first-order valence-corrected chi connectivity index (χ1v) is 12.6. The molecule has 192 valence electrons. The van der Waals surface area contributed by atoms with E-state index in [9.17, 15) is 19.8 Å². The molecule has 1 aromatic carbocycles. The summed E-state index contributed by atoms with van der Waals surface area (Å²) in [6, 6.07) is 9.38. The van der Waals surface area contributed by atoms with E-state index >= 15 is 0 Å². The van der Waals surface area contributed by atoms with Crippen LogP contribution in [0.1, 0.15) is 33.9 Å². The minimum absolute atomic E-state index is 0.0327. The number of hydrogen-bond acceptors (Lipinski definition) is 10. The zero-order valence-electron chi connectivity index (χ0n) is 19.8. The maximum absolute atomic E-state index is 12.3. The summed E-state index contributed by atoms with van der Waals surface area (Å²) in [5.41, 5.74) is -2.14. The number of aliphatic hydroxyl groups is 2. The molecule has 6 atom stereocenters. The van der Waals surface area contributed by atoms with E-state index in [1.807, 2.05) is 6.07 Å². The van der Waals surface area contributed by atoms with Crippen molar-refractivity contribution in [1.82, 2.24) is 14.6 Å². The van der Waals surface area contributed by atoms with Gasteiger partial charge in [-0.05, 0) is 52.0 Å². The Hall–Kier alpha value is -2.18. The quantitative estimate of drug-likeness (QED) is 0.206. The Morgan fingerprint density at radius 3 is 2.63 bits per heavy atom. The number of carbonyl (C=O) groups excluding carboxylic acids is 1. The smallest absolute Gasteiger partial charge is 0.323 e. The Morgan fingerprint density at radius 2 is 2.00 bits per heavy atom. The molecule has 0 saturated carbocycles. The summed E-state index contributed by atoms with van der Waals surface area (Å²) in [4.78, 5) is 26.2. The van der Waals surface area contributed by atoms with Crippen molar-refractivity contribution in [2.45, 2.75) is 63.9 Å². The Labute approximate surface area is 209 Å². The molecule has 2 heterocycles. The number of ether oxygens (including phenoxy) is 2. The van der Waals surface area contributed by atoms with Crippen molar-refractivity contribution in [2.75, 3.05) is 6.61 Å². The molecular formula is C22H30N3O8PS. The number of rotatable bonds is 10. The van der Waals surface area contributed by atoms with Crippen LogP contribution in [0.15, 0.2) is 47.4 Å². The van der Waals surface area contributed by atoms with Gasteiger partial charge < -0.3 is 28.7 Å². The van der Waals surface area contributed by atoms with Crippen molar-refractivity contribution in [2.24, 2.45) is 0 Å². The van der Waals surface area contributed by atoms with Gasteiger partial charge in [0.15, 0.2) is 11.0 Å². The average molecular weight is 528 g/mol. The maximum Gasteiger partial charge on any atom is 0.323 e. The predicted molar refractivity (Wildman–Crippen MR) is 130 cm³/mol. The highest BCUT2D eigenvalue weighted by Crippen LogP contribution is 2.41. The van der Waals surface area contributed by atoms with Crippen molar-refractivity contribution in [3.63, 3.8) is 0 Å². The lowest BCUT2D eigenvalue weighted by Gasteiger charge is -2.28. The van der Waals surface area contributed by atoms with Gasteiger partial charge in [-0.15, -0.1) is 0 Å². The zero-order valence-corrected chi connectivity index (χ0v) is 21.5. The van der Waals surface area contributed by atoms with Gasteiger partial charge in [0.25, 0.3) is 5.56 Å². The van der Waals surface area contributed by atoms with E-state index in [0.29, 0.717) is 5.75 Å². The molecule has 1 aromatic heterocycles. The minimum Gasteiger partial charge on any atom is -0.462 e. The van der Waals surface area contributed by atoms with Crippen LogP contribution in [0, 0.1) is 4.77 Å². The normalized spacial score (nSPS) is 25.9. The van der Waals surface area contributed by atoms with E-state index in [0.717, 1.165) is 0 Å². The number of esters is 1. The summed E-state index contributed by atoms with van der Waals surface area (Å²) < 4.78 is 24.3. The van der Waals surface area contributed by atoms with Crippen molar-refractivity contribution in [3.05, 3.63) is 57.7 Å². The number of para-hydroxylation sites is 1. The number of hydrogen-bond donors (Lipinski definition) is 4. The third-order valence-electron chi connectivity index (χ3n) is 5.15. The van der Waals surface area contributed by atoms with E-state index in [-0.39, 0.29) is 17.5 Å². The third-order valence-corrected chi connectivity index (χ3v) is 6.82. The van der Waals surface area contributed by atoms with Crippen LogP contribution in [0.5, 0.6) is 5.75 Å². The van der Waals surface area contributed by atoms with Gasteiger partial charge >= 0.3 is 14.5 Å². The van der Waals surface area contributed by atoms with Crippen LogP contribution in [-0.4, -0.2) is 62.3 Å². The second-order valence-electron chi connectivity index (χ2n) is 8.51. The zero-order chi connectivity index (χ0) is 25.8. The van der Waals surface area contributed by atoms with Gasteiger partial charge in [-0.3, -0.25) is 19.1 Å². The highest BCUT2D eigenvalue weighted by Gasteiger charge is 2.53. The second kappa shape index (κ2) is 11.7. The molecule has 13 heteroatoms. The summed E-state index contributed by atoms with van der Waals surface area (Å²) in [7, 11) is -1.88. The van der Waals surface area contributed by atoms with E-state index in [2.05, 4.69) is 10.1 Å². The molecule has 4 N–H and O–H groups in total. The van der Waals surface area contributed by atoms with Gasteiger partial charge in [-0.2, -0.15) is 0 Å². The Kier molecular flexibility index (Phi) is 9.16. The summed E-state index contributed by atoms with van der Waals surface area (Å²) in [6.07, 6.45) is -2.30. The van der Waals surface area contributed by atoms with Crippen LogP contribution in [0.2, 0.25) is 0 Å². The van der Waals surface area contributed by atoms with Gasteiger partial charge in [-0.25, -0.2) is 5.09 Å². The molecule has 1 fully saturated rings. The largest absolute Gasteiger partial charge is 0.462 e. The molecule has 3 rings (SSSR count). The van der Waals surface area contributed by atoms with Crippen molar-refractivity contribution < 1.29 is 33.5 Å². The number of aliphatic hydroxyl groups excluding tert-OH is 1. The molecule has 2 aromatic rings. The molecule has 11 nitrogen and oxygen atoms in total. The first-order chi connectivity index (χ1) is 16.5. The highest BCUT2D eigenvalue weighted by molar-refractivity contribution is 7.71. The van der Waals surface area contributed by atoms with E-state index in [1.165, 1.54) is 23.8 Å². The minimum atomic E-state index is -1.88. The van der Waals surface area contributed by atoms with E-state index in [1.54, 1.807) is 45.0 Å². The van der Waals surface area contributed by atoms with Gasteiger partial charge in [0.05, 0.1) is 12.7 Å². The average Bonchev–Trinajstić information content (AvgIpc) is 3.01. The molecule has 4 unspecified atom stereocenters. The van der Waals surface area contributed by atoms with Gasteiger partial charge in [0, 0.05) is 12.3 Å². The molecule has 35 heavy (non-hydrogen) atoms. The molecule has 0 amide bonds. The molecule has 0 spiro atoms. The number of aromatic nitrogens is 2. The molecule has 1 aliphatic rings. The van der Waals surface area contributed by atoms with Crippen molar-refractivity contribution >= 4 is 26.7 Å². The number of nitrogens with one attached hydrogen (secondary N) is 2. The highest BCUT2D eigenvalue weighted by atomic mass is 32.1. The van der Waals surface area contributed by atoms with Crippen LogP contribution in [-0.2, 0) is 18.8 Å². The summed E-state index contributed by atoms with van der Waals surface area (Å²) in [5, 5.41) is 24.7. The standard InChI is InChI=1S/C22H30N3O8PS/c1-13(2)31-19(28)14(3)24-34(33-15-8-6-5-7-9-15)30-12-16-18(27)22(4,29)20(32-16)25-11-10-17(26)23-21(25)35/h5-11,13-14,16,18,20,24,27,29H,12H2,1-4H3,(H,23,26,35)/t14-,16?,18-,20?,22?,34?/m0/s1. The fraction of sp³-hybridized carbons (Fsp3) is 0.500. The Bertz CT molecular complexity index is 1110. The summed E-state index contributed by atoms with van der Waals surface area (Å²) in [5.74, 6) is 0.0354. The van der Waals surface area contributed by atoms with E-state index < -0.39 is 50.1 Å². The molecule has 0 radical (unpaired) electrons. The number of carbonyl (C=O) groups is 1. The lowest BCUT2D eigenvalue weighted by molar-refractivity contribution is -0.149. The summed E-state index contributed by atoms with van der Waals surface area (Å²) >= 11 is 5.17. The summed E-state index contributed by atoms with van der Waals surface area (Å²) in [6.45, 7) is 6.35. The lowest BCUT2D eigenvalue weighted by atomic mass is 9.96. The van der Waals surface area contributed by atoms with Gasteiger partial charge in [0.1, 0.15) is 29.6 Å². The number of nitrogens with zero attached hydrogens (tertiary/aromatic N) is 1.